The predicted octanol–water partition coefficient (Wildman–Crippen LogP) is 2.74. The van der Waals surface area contributed by atoms with Crippen molar-refractivity contribution in [2.75, 3.05) is 19.9 Å². The third kappa shape index (κ3) is 3.58. The second kappa shape index (κ2) is 7.49. The van der Waals surface area contributed by atoms with Gasteiger partial charge >= 0.3 is 0 Å². The molecule has 0 aliphatic carbocycles. The number of amides is 1. The van der Waals surface area contributed by atoms with Gasteiger partial charge in [-0.25, -0.2) is 4.98 Å². The van der Waals surface area contributed by atoms with Crippen molar-refractivity contribution < 1.29 is 14.3 Å². The van der Waals surface area contributed by atoms with E-state index in [1.54, 1.807) is 11.3 Å². The first-order valence-corrected chi connectivity index (χ1v) is 10.4. The number of carbonyl (C=O) groups excluding carboxylic acids is 1. The van der Waals surface area contributed by atoms with Crippen LogP contribution in [-0.2, 0) is 6.54 Å². The Kier molecular flexibility index (Phi) is 4.69. The van der Waals surface area contributed by atoms with Gasteiger partial charge in [0.15, 0.2) is 11.5 Å². The molecule has 0 bridgehead atoms. The molecular weight excluding hydrogens is 390 g/mol. The Hall–Kier alpha value is -2.91. The van der Waals surface area contributed by atoms with Gasteiger partial charge in [-0.1, -0.05) is 0 Å². The number of aromatic amines is 1. The van der Waals surface area contributed by atoms with Crippen LogP contribution in [0.4, 0.5) is 0 Å². The number of benzene rings is 1. The number of nitrogens with two attached hydrogens (primary N) is 1. The number of primary amides is 1. The number of carbonyl (C=O) groups is 1. The molecule has 0 saturated carbocycles. The number of nitrogens with zero attached hydrogens (tertiary/aromatic N) is 3. The molecule has 3 N–H and O–H groups in total. The number of fused-ring (bicyclic) bond motifs is 1. The lowest BCUT2D eigenvalue weighted by atomic mass is 9.92. The zero-order valence-electron chi connectivity index (χ0n) is 15.8. The van der Waals surface area contributed by atoms with Crippen molar-refractivity contribution in [2.45, 2.75) is 25.3 Å². The molecule has 0 radical (unpaired) electrons. The topological polar surface area (TPSA) is 106 Å². The Bertz CT molecular complexity index is 1050. The first-order chi connectivity index (χ1) is 14.2. The molecule has 9 heteroatoms. The summed E-state index contributed by atoms with van der Waals surface area (Å²) in [6.07, 6.45) is 3.59. The van der Waals surface area contributed by atoms with E-state index in [-0.39, 0.29) is 12.7 Å². The van der Waals surface area contributed by atoms with Crippen molar-refractivity contribution in [3.63, 3.8) is 0 Å². The van der Waals surface area contributed by atoms with Crippen molar-refractivity contribution in [3.05, 3.63) is 46.7 Å². The maximum Gasteiger partial charge on any atom is 0.252 e. The smallest absolute Gasteiger partial charge is 0.252 e. The van der Waals surface area contributed by atoms with Crippen LogP contribution in [0.15, 0.2) is 29.8 Å². The van der Waals surface area contributed by atoms with E-state index in [4.69, 9.17) is 20.2 Å². The third-order valence-electron chi connectivity index (χ3n) is 5.40. The molecule has 1 unspecified atom stereocenters. The van der Waals surface area contributed by atoms with Gasteiger partial charge < -0.3 is 15.2 Å². The molecule has 1 amide bonds. The number of ether oxygens (including phenoxy) is 2. The lowest BCUT2D eigenvalue weighted by Crippen LogP contribution is -2.34. The summed E-state index contributed by atoms with van der Waals surface area (Å²) in [5.41, 5.74) is 8.90. The maximum atomic E-state index is 11.6. The Morgan fingerprint density at radius 1 is 1.34 bits per heavy atom. The molecular formula is C20H21N5O3S. The summed E-state index contributed by atoms with van der Waals surface area (Å²) in [5, 5.41) is 10.1. The number of H-pyrrole nitrogens is 1. The quantitative estimate of drug-likeness (QED) is 0.669. The van der Waals surface area contributed by atoms with Crippen molar-refractivity contribution in [2.24, 2.45) is 5.73 Å². The van der Waals surface area contributed by atoms with Gasteiger partial charge in [0.2, 0.25) is 6.79 Å². The number of nitrogens with one attached hydrogen (secondary N) is 1. The van der Waals surface area contributed by atoms with E-state index in [1.807, 2.05) is 18.2 Å². The lowest BCUT2D eigenvalue weighted by Gasteiger charge is -2.32. The molecule has 2 aromatic heterocycles. The Balaban J connectivity index is 1.28. The molecule has 5 rings (SSSR count). The summed E-state index contributed by atoms with van der Waals surface area (Å²) in [6, 6.07) is 5.91. The number of piperidine rings is 1. The summed E-state index contributed by atoms with van der Waals surface area (Å²) in [7, 11) is 0. The Morgan fingerprint density at radius 2 is 2.24 bits per heavy atom. The Labute approximate surface area is 171 Å². The fourth-order valence-corrected chi connectivity index (χ4v) is 4.82. The van der Waals surface area contributed by atoms with Crippen LogP contribution >= 0.6 is 11.3 Å². The van der Waals surface area contributed by atoms with Crippen LogP contribution in [0.25, 0.3) is 10.6 Å². The highest BCUT2D eigenvalue weighted by molar-refractivity contribution is 7.13. The van der Waals surface area contributed by atoms with Gasteiger partial charge in [0.1, 0.15) is 5.01 Å². The number of aromatic nitrogens is 3. The number of hydrogen-bond donors (Lipinski definition) is 2. The first kappa shape index (κ1) is 18.1. The van der Waals surface area contributed by atoms with E-state index >= 15 is 0 Å². The minimum absolute atomic E-state index is 0.223. The van der Waals surface area contributed by atoms with Gasteiger partial charge in [0.05, 0.1) is 23.1 Å². The first-order valence-electron chi connectivity index (χ1n) is 9.57. The maximum absolute atomic E-state index is 11.6. The van der Waals surface area contributed by atoms with Gasteiger partial charge in [-0.15, -0.1) is 11.3 Å². The molecule has 150 valence electrons. The lowest BCUT2D eigenvalue weighted by molar-refractivity contribution is 0.0997. The highest BCUT2D eigenvalue weighted by atomic mass is 32.1. The number of rotatable bonds is 5. The molecule has 1 saturated heterocycles. The fourth-order valence-electron chi connectivity index (χ4n) is 4.01. The van der Waals surface area contributed by atoms with Crippen LogP contribution in [0.5, 0.6) is 11.5 Å². The van der Waals surface area contributed by atoms with E-state index in [1.165, 1.54) is 6.20 Å². The van der Waals surface area contributed by atoms with E-state index < -0.39 is 5.91 Å². The largest absolute Gasteiger partial charge is 0.454 e. The molecule has 2 aliphatic rings. The number of likely N-dealkylation sites (tertiary alicyclic amines) is 1. The molecule has 8 nitrogen and oxygen atoms in total. The van der Waals surface area contributed by atoms with Crippen LogP contribution in [0.2, 0.25) is 0 Å². The molecule has 1 fully saturated rings. The average molecular weight is 411 g/mol. The van der Waals surface area contributed by atoms with E-state index in [0.717, 1.165) is 65.9 Å². The summed E-state index contributed by atoms with van der Waals surface area (Å²) >= 11 is 1.63. The highest BCUT2D eigenvalue weighted by Gasteiger charge is 2.26. The number of thiazole rings is 1. The molecule has 4 heterocycles. The van der Waals surface area contributed by atoms with Crippen molar-refractivity contribution in [1.82, 2.24) is 20.1 Å². The molecule has 3 aromatic rings. The van der Waals surface area contributed by atoms with E-state index in [0.29, 0.717) is 5.56 Å². The zero-order chi connectivity index (χ0) is 19.8. The second-order valence-electron chi connectivity index (χ2n) is 7.35. The van der Waals surface area contributed by atoms with Gasteiger partial charge in [0, 0.05) is 30.0 Å². The second-order valence-corrected chi connectivity index (χ2v) is 8.21. The van der Waals surface area contributed by atoms with E-state index in [9.17, 15) is 4.79 Å². The predicted molar refractivity (Wildman–Crippen MR) is 108 cm³/mol. The van der Waals surface area contributed by atoms with Gasteiger partial charge in [0.25, 0.3) is 5.91 Å². The van der Waals surface area contributed by atoms with Crippen molar-refractivity contribution >= 4 is 17.2 Å². The van der Waals surface area contributed by atoms with Crippen LogP contribution in [0.1, 0.15) is 40.5 Å². The van der Waals surface area contributed by atoms with Crippen LogP contribution < -0.4 is 15.2 Å². The Morgan fingerprint density at radius 3 is 3.14 bits per heavy atom. The molecule has 1 aromatic carbocycles. The molecule has 29 heavy (non-hydrogen) atoms. The summed E-state index contributed by atoms with van der Waals surface area (Å²) in [4.78, 5) is 18.8. The third-order valence-corrected chi connectivity index (χ3v) is 6.35. The monoisotopic (exact) mass is 411 g/mol. The minimum Gasteiger partial charge on any atom is -0.454 e. The van der Waals surface area contributed by atoms with Gasteiger partial charge in [-0.3, -0.25) is 14.8 Å². The molecule has 2 aliphatic heterocycles. The van der Waals surface area contributed by atoms with Crippen LogP contribution in [0, 0.1) is 0 Å². The normalized spacial score (nSPS) is 18.8. The van der Waals surface area contributed by atoms with Gasteiger partial charge in [-0.05, 0) is 37.6 Å². The molecule has 0 spiro atoms. The molecule has 1 atom stereocenters. The SMILES string of the molecule is NC(=O)c1cn[nH]c1C1CCCN(Cc2csc(-c3ccc4c(c3)OCO4)n2)C1. The van der Waals surface area contributed by atoms with Crippen LogP contribution in [0.3, 0.4) is 0 Å². The van der Waals surface area contributed by atoms with E-state index in [2.05, 4.69) is 20.5 Å². The van der Waals surface area contributed by atoms with Crippen LogP contribution in [-0.4, -0.2) is 45.9 Å². The fraction of sp³-hybridized carbons (Fsp3) is 0.350. The van der Waals surface area contributed by atoms with Crippen molar-refractivity contribution in [1.29, 1.82) is 0 Å². The van der Waals surface area contributed by atoms with Gasteiger partial charge in [-0.2, -0.15) is 5.10 Å². The zero-order valence-corrected chi connectivity index (χ0v) is 16.6. The summed E-state index contributed by atoms with van der Waals surface area (Å²) in [6.45, 7) is 2.90. The standard InChI is InChI=1S/C20H21N5O3S/c21-19(26)15-7-22-24-18(15)13-2-1-5-25(8-13)9-14-10-29-20(23-14)12-3-4-16-17(6-12)28-11-27-16/h3-4,6-7,10,13H,1-2,5,8-9,11H2,(H2,21,26)(H,22,24). The van der Waals surface area contributed by atoms with Crippen molar-refractivity contribution in [3.8, 4) is 22.1 Å². The summed E-state index contributed by atoms with van der Waals surface area (Å²) < 4.78 is 10.8. The summed E-state index contributed by atoms with van der Waals surface area (Å²) in [5.74, 6) is 1.33. The highest BCUT2D eigenvalue weighted by Crippen LogP contribution is 2.37. The minimum atomic E-state index is -0.432. The number of hydrogen-bond acceptors (Lipinski definition) is 7. The average Bonchev–Trinajstić information content (AvgIpc) is 3.47.